The molecule has 0 saturated heterocycles. The van der Waals surface area contributed by atoms with Crippen molar-refractivity contribution in [2.24, 2.45) is 17.4 Å². The van der Waals surface area contributed by atoms with Crippen molar-refractivity contribution in [3.8, 4) is 0 Å². The predicted molar refractivity (Wildman–Crippen MR) is 207 cm³/mol. The highest BCUT2D eigenvalue weighted by Gasteiger charge is 2.34. The highest BCUT2D eigenvalue weighted by atomic mass is 32.2. The summed E-state index contributed by atoms with van der Waals surface area (Å²) in [5.41, 5.74) is 11.3. The van der Waals surface area contributed by atoms with Crippen LogP contribution in [0.1, 0.15) is 64.9 Å². The summed E-state index contributed by atoms with van der Waals surface area (Å²) in [6, 6.07) is -0.843. The highest BCUT2D eigenvalue weighted by molar-refractivity contribution is 7.98. The lowest BCUT2D eigenvalue weighted by Gasteiger charge is -2.28. The minimum absolute atomic E-state index is 0.0163. The zero-order valence-corrected chi connectivity index (χ0v) is 33.1. The standard InChI is InChI=1S/C36H54N8O12S/c1-19(2)30(44-34(54)24(11-13-29(49)50)40-31(51)20(3)37)36(56)42-25(14-15-57-4)33(53)41-23(10-12-28(47)48)32(52)43-26(16-21-8-6-5-7-9-21)35(55)39-22(18-45)17-27(38)46/h5-9,18-20,22-26,30H,10-17,37H2,1-4H3,(H2,38,46)(H,39,55)(H,40,51)(H,41,53)(H,42,56)(H,43,52)(H,44,54)(H,47,48)(H,49,50)/t20-,22-,23-,24-,25-,26-,30-/m0/s1. The van der Waals surface area contributed by atoms with Gasteiger partial charge in [0.05, 0.1) is 18.5 Å². The van der Waals surface area contributed by atoms with Crippen LogP contribution in [-0.2, 0) is 54.4 Å². The summed E-state index contributed by atoms with van der Waals surface area (Å²) < 4.78 is 0. The Morgan fingerprint density at radius 1 is 0.667 bits per heavy atom. The van der Waals surface area contributed by atoms with Gasteiger partial charge in [-0.15, -0.1) is 0 Å². The number of carbonyl (C=O) groups is 10. The Balaban J connectivity index is 3.36. The van der Waals surface area contributed by atoms with Crippen molar-refractivity contribution < 1.29 is 58.2 Å². The lowest BCUT2D eigenvalue weighted by molar-refractivity contribution is -0.139. The van der Waals surface area contributed by atoms with E-state index in [1.165, 1.54) is 18.7 Å². The van der Waals surface area contributed by atoms with E-state index in [0.717, 1.165) is 0 Å². The molecule has 0 fully saturated rings. The summed E-state index contributed by atoms with van der Waals surface area (Å²) in [4.78, 5) is 126. The summed E-state index contributed by atoms with van der Waals surface area (Å²) in [5.74, 6) is -8.86. The largest absolute Gasteiger partial charge is 0.481 e. The van der Waals surface area contributed by atoms with E-state index in [2.05, 4.69) is 31.9 Å². The first kappa shape index (κ1) is 49.4. The van der Waals surface area contributed by atoms with Crippen molar-refractivity contribution in [3.05, 3.63) is 35.9 Å². The monoisotopic (exact) mass is 822 g/mol. The molecule has 0 radical (unpaired) electrons. The van der Waals surface area contributed by atoms with Gasteiger partial charge in [0.25, 0.3) is 0 Å². The molecule has 12 N–H and O–H groups in total. The number of hydrogen-bond donors (Lipinski definition) is 10. The van der Waals surface area contributed by atoms with E-state index in [4.69, 9.17) is 16.6 Å². The lowest BCUT2D eigenvalue weighted by Crippen LogP contribution is -2.60. The van der Waals surface area contributed by atoms with Crippen LogP contribution in [-0.4, -0.2) is 124 Å². The Kier molecular flexibility index (Phi) is 22.2. The molecule has 0 heterocycles. The molecule has 0 aliphatic rings. The number of amides is 7. The smallest absolute Gasteiger partial charge is 0.303 e. The molecule has 1 aromatic carbocycles. The third-order valence-electron chi connectivity index (χ3n) is 8.29. The molecule has 0 unspecified atom stereocenters. The summed E-state index contributed by atoms with van der Waals surface area (Å²) in [6.45, 7) is 4.54. The molecular weight excluding hydrogens is 769 g/mol. The molecule has 0 aliphatic heterocycles. The number of benzene rings is 1. The molecule has 0 saturated carbocycles. The molecule has 1 aromatic rings. The Hall–Kier alpha value is -5.57. The van der Waals surface area contributed by atoms with Gasteiger partial charge in [-0.2, -0.15) is 11.8 Å². The molecule has 7 atom stereocenters. The van der Waals surface area contributed by atoms with Gasteiger partial charge in [0.2, 0.25) is 41.4 Å². The summed E-state index contributed by atoms with van der Waals surface area (Å²) in [5, 5.41) is 33.3. The molecule has 316 valence electrons. The van der Waals surface area contributed by atoms with Gasteiger partial charge >= 0.3 is 11.9 Å². The second kappa shape index (κ2) is 25.6. The number of aldehydes is 1. The summed E-state index contributed by atoms with van der Waals surface area (Å²) in [7, 11) is 0. The zero-order chi connectivity index (χ0) is 43.2. The molecule has 1 rings (SSSR count). The van der Waals surface area contributed by atoms with E-state index in [-0.39, 0.29) is 19.3 Å². The van der Waals surface area contributed by atoms with Crippen molar-refractivity contribution in [2.75, 3.05) is 12.0 Å². The normalized spacial score (nSPS) is 14.6. The Labute approximate surface area is 334 Å². The van der Waals surface area contributed by atoms with Crippen LogP contribution in [0.5, 0.6) is 0 Å². The van der Waals surface area contributed by atoms with Crippen molar-refractivity contribution >= 4 is 71.3 Å². The van der Waals surface area contributed by atoms with Crippen LogP contribution >= 0.6 is 11.8 Å². The zero-order valence-electron chi connectivity index (χ0n) is 32.3. The first-order valence-corrected chi connectivity index (χ1v) is 19.5. The molecule has 7 amide bonds. The molecule has 20 nitrogen and oxygen atoms in total. The Bertz CT molecular complexity index is 1580. The number of nitrogens with one attached hydrogen (secondary N) is 6. The number of primary amides is 1. The van der Waals surface area contributed by atoms with E-state index >= 15 is 0 Å². The van der Waals surface area contributed by atoms with Gasteiger partial charge in [0.15, 0.2) is 0 Å². The maximum Gasteiger partial charge on any atom is 0.303 e. The molecule has 0 bridgehead atoms. The third kappa shape index (κ3) is 19.2. The maximum atomic E-state index is 13.8. The third-order valence-corrected chi connectivity index (χ3v) is 8.94. The van der Waals surface area contributed by atoms with Crippen molar-refractivity contribution in [3.63, 3.8) is 0 Å². The van der Waals surface area contributed by atoms with Gasteiger partial charge in [0.1, 0.15) is 36.5 Å². The Morgan fingerprint density at radius 2 is 1.12 bits per heavy atom. The molecule has 0 aromatic heterocycles. The van der Waals surface area contributed by atoms with Gasteiger partial charge in [-0.25, -0.2) is 0 Å². The van der Waals surface area contributed by atoms with E-state index in [0.29, 0.717) is 17.6 Å². The average molecular weight is 823 g/mol. The fourth-order valence-corrected chi connectivity index (χ4v) is 5.64. The highest BCUT2D eigenvalue weighted by Crippen LogP contribution is 2.10. The van der Waals surface area contributed by atoms with Gasteiger partial charge in [-0.1, -0.05) is 44.2 Å². The molecular formula is C36H54N8O12S. The number of carboxylic acid groups (broad SMARTS) is 2. The van der Waals surface area contributed by atoms with E-state index in [1.807, 2.05) is 0 Å². The predicted octanol–water partition coefficient (Wildman–Crippen LogP) is -2.30. The summed E-state index contributed by atoms with van der Waals surface area (Å²) in [6.07, 6.45) is -0.409. The second-order valence-electron chi connectivity index (χ2n) is 13.5. The minimum atomic E-state index is -1.55. The number of nitrogens with two attached hydrogens (primary N) is 2. The van der Waals surface area contributed by atoms with Crippen LogP contribution in [0, 0.1) is 5.92 Å². The number of hydrogen-bond acceptors (Lipinski definition) is 12. The van der Waals surface area contributed by atoms with Crippen LogP contribution in [0.3, 0.4) is 0 Å². The number of rotatable bonds is 27. The number of carboxylic acids is 2. The van der Waals surface area contributed by atoms with Crippen molar-refractivity contribution in [1.82, 2.24) is 31.9 Å². The van der Waals surface area contributed by atoms with Gasteiger partial charge < -0.3 is 58.4 Å². The first-order chi connectivity index (χ1) is 26.8. The van der Waals surface area contributed by atoms with Crippen molar-refractivity contribution in [2.45, 2.75) is 108 Å². The van der Waals surface area contributed by atoms with Crippen LogP contribution in [0.2, 0.25) is 0 Å². The van der Waals surface area contributed by atoms with Crippen LogP contribution in [0.15, 0.2) is 30.3 Å². The topological polar surface area (TPSA) is 335 Å². The Morgan fingerprint density at radius 3 is 1.58 bits per heavy atom. The fraction of sp³-hybridized carbons (Fsp3) is 0.556. The lowest BCUT2D eigenvalue weighted by atomic mass is 10.0. The number of thioether (sulfide) groups is 1. The van der Waals surface area contributed by atoms with Gasteiger partial charge in [-0.05, 0) is 49.7 Å². The summed E-state index contributed by atoms with van der Waals surface area (Å²) >= 11 is 1.33. The molecule has 0 aliphatic carbocycles. The molecule has 57 heavy (non-hydrogen) atoms. The van der Waals surface area contributed by atoms with Gasteiger partial charge in [-0.3, -0.25) is 43.2 Å². The minimum Gasteiger partial charge on any atom is -0.481 e. The fourth-order valence-electron chi connectivity index (χ4n) is 5.17. The average Bonchev–Trinajstić information content (AvgIpc) is 3.14. The SMILES string of the molecule is CSCC[C@H](NC(=O)[C@@H](NC(=O)[C@H](CCC(=O)O)NC(=O)[C@H](C)N)C(C)C)C(=O)N[C@@H](CCC(=O)O)C(=O)N[C@@H](Cc1ccccc1)C(=O)N[C@H](C=O)CC(N)=O. The van der Waals surface area contributed by atoms with E-state index in [9.17, 15) is 53.1 Å². The van der Waals surface area contributed by atoms with Gasteiger partial charge in [0, 0.05) is 19.3 Å². The van der Waals surface area contributed by atoms with E-state index in [1.54, 1.807) is 50.4 Å². The molecule has 0 spiro atoms. The maximum absolute atomic E-state index is 13.8. The van der Waals surface area contributed by atoms with Crippen LogP contribution < -0.4 is 43.4 Å². The van der Waals surface area contributed by atoms with Crippen molar-refractivity contribution in [1.29, 1.82) is 0 Å². The van der Waals surface area contributed by atoms with Crippen LogP contribution in [0.25, 0.3) is 0 Å². The van der Waals surface area contributed by atoms with Crippen LogP contribution in [0.4, 0.5) is 0 Å². The quantitative estimate of drug-likeness (QED) is 0.0418. The van der Waals surface area contributed by atoms with E-state index < -0.39 is 127 Å². The number of aliphatic carboxylic acids is 2. The first-order valence-electron chi connectivity index (χ1n) is 18.1. The molecule has 21 heteroatoms. The second-order valence-corrected chi connectivity index (χ2v) is 14.5. The number of carbonyl (C=O) groups excluding carboxylic acids is 8.